The Morgan fingerprint density at radius 3 is 2.71 bits per heavy atom. The molecule has 1 aliphatic heterocycles. The average Bonchev–Trinajstić information content (AvgIpc) is 2.52. The van der Waals surface area contributed by atoms with Crippen LogP contribution in [0, 0.1) is 5.82 Å². The number of hydrogen-bond acceptors (Lipinski definition) is 4. The van der Waals surface area contributed by atoms with Crippen molar-refractivity contribution in [3.05, 3.63) is 40.8 Å². The van der Waals surface area contributed by atoms with E-state index in [9.17, 15) is 4.39 Å². The van der Waals surface area contributed by atoms with Crippen LogP contribution < -0.4 is 4.90 Å². The van der Waals surface area contributed by atoms with Crippen LogP contribution in [0.25, 0.3) is 17.0 Å². The zero-order valence-electron chi connectivity index (χ0n) is 13.7. The van der Waals surface area contributed by atoms with Crippen LogP contribution in [0.15, 0.2) is 24.3 Å². The molecule has 1 saturated heterocycles. The van der Waals surface area contributed by atoms with E-state index in [2.05, 4.69) is 9.88 Å². The number of aliphatic hydroxyl groups excluding tert-OH is 1. The second kappa shape index (κ2) is 7.05. The summed E-state index contributed by atoms with van der Waals surface area (Å²) in [4.78, 5) is 6.67. The number of fused-ring (bicyclic) bond motifs is 1. The van der Waals surface area contributed by atoms with Gasteiger partial charge >= 0.3 is 0 Å². The van der Waals surface area contributed by atoms with Crippen LogP contribution in [0.2, 0.25) is 5.02 Å². The molecule has 4 nitrogen and oxygen atoms in total. The van der Waals surface area contributed by atoms with Crippen molar-refractivity contribution in [1.29, 1.82) is 0 Å². The fourth-order valence-electron chi connectivity index (χ4n) is 3.12. The van der Waals surface area contributed by atoms with E-state index in [0.29, 0.717) is 11.2 Å². The monoisotopic (exact) mass is 350 g/mol. The number of morpholine rings is 1. The van der Waals surface area contributed by atoms with Crippen LogP contribution in [0.3, 0.4) is 0 Å². The van der Waals surface area contributed by atoms with E-state index >= 15 is 0 Å². The summed E-state index contributed by atoms with van der Waals surface area (Å²) in [5, 5.41) is 9.88. The van der Waals surface area contributed by atoms with E-state index in [1.165, 1.54) is 6.07 Å². The number of anilines is 1. The van der Waals surface area contributed by atoms with Gasteiger partial charge in [-0.3, -0.25) is 0 Å². The molecule has 1 aliphatic rings. The number of aliphatic hydroxyl groups is 1. The number of ether oxygens (including phenoxy) is 1. The van der Waals surface area contributed by atoms with Gasteiger partial charge in [-0.2, -0.15) is 0 Å². The molecule has 0 amide bonds. The quantitative estimate of drug-likeness (QED) is 0.917. The molecule has 0 saturated carbocycles. The van der Waals surface area contributed by atoms with Crippen LogP contribution in [-0.2, 0) is 4.74 Å². The summed E-state index contributed by atoms with van der Waals surface area (Å²) in [5.41, 5.74) is 2.15. The SMILES string of the molecule is CC1CN(c2cc(/C=C/CO)nc3cc(F)c(Cl)cc23)CC(C)O1. The molecular formula is C18H20ClFN2O2. The molecule has 24 heavy (non-hydrogen) atoms. The van der Waals surface area contributed by atoms with Crippen molar-refractivity contribution in [2.75, 3.05) is 24.6 Å². The van der Waals surface area contributed by atoms with Crippen LogP contribution in [-0.4, -0.2) is 42.0 Å². The molecule has 128 valence electrons. The molecule has 1 aromatic heterocycles. The molecule has 6 heteroatoms. The lowest BCUT2D eigenvalue weighted by Gasteiger charge is -2.37. The van der Waals surface area contributed by atoms with Gasteiger partial charge in [-0.15, -0.1) is 0 Å². The van der Waals surface area contributed by atoms with Crippen molar-refractivity contribution < 1.29 is 14.2 Å². The number of benzene rings is 1. The van der Waals surface area contributed by atoms with Gasteiger partial charge in [0.25, 0.3) is 0 Å². The second-order valence-electron chi connectivity index (χ2n) is 6.10. The van der Waals surface area contributed by atoms with E-state index in [4.69, 9.17) is 21.4 Å². The third-order valence-electron chi connectivity index (χ3n) is 4.00. The first kappa shape index (κ1) is 17.1. The van der Waals surface area contributed by atoms with Gasteiger partial charge in [0.2, 0.25) is 0 Å². The first-order valence-corrected chi connectivity index (χ1v) is 8.33. The van der Waals surface area contributed by atoms with Gasteiger partial charge < -0.3 is 14.7 Å². The summed E-state index contributed by atoms with van der Waals surface area (Å²) in [7, 11) is 0. The lowest BCUT2D eigenvalue weighted by molar-refractivity contribution is -0.00513. The number of rotatable bonds is 3. The molecule has 2 heterocycles. The lowest BCUT2D eigenvalue weighted by atomic mass is 10.1. The predicted octanol–water partition coefficient (Wildman–Crippen LogP) is 3.65. The van der Waals surface area contributed by atoms with E-state index in [-0.39, 0.29) is 23.8 Å². The molecule has 2 aromatic rings. The largest absolute Gasteiger partial charge is 0.392 e. The molecule has 2 atom stereocenters. The van der Waals surface area contributed by atoms with Crippen molar-refractivity contribution in [3.8, 4) is 0 Å². The number of nitrogens with zero attached hydrogens (tertiary/aromatic N) is 2. The molecule has 2 unspecified atom stereocenters. The Morgan fingerprint density at radius 2 is 2.04 bits per heavy atom. The highest BCUT2D eigenvalue weighted by Crippen LogP contribution is 2.32. The maximum absolute atomic E-state index is 13.9. The van der Waals surface area contributed by atoms with Crippen molar-refractivity contribution in [2.24, 2.45) is 0 Å². The standard InChI is InChI=1S/C18H20ClFN2O2/c1-11-9-22(10-12(2)24-11)18-6-13(4-3-5-23)21-17-8-16(20)15(19)7-14(17)18/h3-4,6-8,11-12,23H,5,9-10H2,1-2H3/b4-3+. The van der Waals surface area contributed by atoms with Crippen molar-refractivity contribution in [1.82, 2.24) is 4.98 Å². The van der Waals surface area contributed by atoms with Crippen molar-refractivity contribution in [2.45, 2.75) is 26.1 Å². The van der Waals surface area contributed by atoms with Crippen LogP contribution in [0.4, 0.5) is 10.1 Å². The van der Waals surface area contributed by atoms with Gasteiger partial charge in [0.1, 0.15) is 5.82 Å². The summed E-state index contributed by atoms with van der Waals surface area (Å²) < 4.78 is 19.7. The topological polar surface area (TPSA) is 45.6 Å². The predicted molar refractivity (Wildman–Crippen MR) is 95.1 cm³/mol. The highest BCUT2D eigenvalue weighted by atomic mass is 35.5. The smallest absolute Gasteiger partial charge is 0.143 e. The number of aromatic nitrogens is 1. The molecule has 0 bridgehead atoms. The van der Waals surface area contributed by atoms with Gasteiger partial charge in [-0.25, -0.2) is 9.37 Å². The molecule has 1 fully saturated rings. The number of pyridine rings is 1. The van der Waals surface area contributed by atoms with Gasteiger partial charge in [-0.1, -0.05) is 17.7 Å². The normalized spacial score (nSPS) is 21.8. The Labute approximate surface area is 145 Å². The summed E-state index contributed by atoms with van der Waals surface area (Å²) in [6.45, 7) is 5.47. The van der Waals surface area contributed by atoms with Gasteiger partial charge in [0.05, 0.1) is 35.0 Å². The van der Waals surface area contributed by atoms with E-state index in [1.807, 2.05) is 19.9 Å². The minimum absolute atomic E-state index is 0.0738. The summed E-state index contributed by atoms with van der Waals surface area (Å²) in [6.07, 6.45) is 3.53. The molecule has 0 aliphatic carbocycles. The maximum Gasteiger partial charge on any atom is 0.143 e. The fraction of sp³-hybridized carbons (Fsp3) is 0.389. The van der Waals surface area contributed by atoms with Crippen molar-refractivity contribution in [3.63, 3.8) is 0 Å². The van der Waals surface area contributed by atoms with Crippen LogP contribution >= 0.6 is 11.6 Å². The maximum atomic E-state index is 13.9. The Bertz CT molecular complexity index is 771. The summed E-state index contributed by atoms with van der Waals surface area (Å²) >= 11 is 5.99. The highest BCUT2D eigenvalue weighted by molar-refractivity contribution is 6.31. The van der Waals surface area contributed by atoms with Crippen LogP contribution in [0.5, 0.6) is 0 Å². The highest BCUT2D eigenvalue weighted by Gasteiger charge is 2.24. The van der Waals surface area contributed by atoms with Gasteiger partial charge in [0.15, 0.2) is 0 Å². The summed E-state index contributed by atoms with van der Waals surface area (Å²) in [5.74, 6) is -0.491. The first-order chi connectivity index (χ1) is 11.5. The molecule has 1 N–H and O–H groups in total. The summed E-state index contributed by atoms with van der Waals surface area (Å²) in [6, 6.07) is 4.91. The second-order valence-corrected chi connectivity index (χ2v) is 6.50. The molecular weight excluding hydrogens is 331 g/mol. The Kier molecular flexibility index (Phi) is 5.04. The third-order valence-corrected chi connectivity index (χ3v) is 4.29. The average molecular weight is 351 g/mol. The Hall–Kier alpha value is -1.69. The number of hydrogen-bond donors (Lipinski definition) is 1. The third kappa shape index (κ3) is 3.53. The minimum atomic E-state index is -0.491. The molecule has 1 aromatic carbocycles. The van der Waals surface area contributed by atoms with E-state index in [0.717, 1.165) is 24.2 Å². The molecule has 0 spiro atoms. The zero-order valence-corrected chi connectivity index (χ0v) is 14.4. The number of halogens is 2. The first-order valence-electron chi connectivity index (χ1n) is 7.95. The van der Waals surface area contributed by atoms with Gasteiger partial charge in [0, 0.05) is 30.2 Å². The zero-order chi connectivity index (χ0) is 17.3. The Balaban J connectivity index is 2.15. The van der Waals surface area contributed by atoms with Crippen molar-refractivity contribution >= 4 is 34.3 Å². The lowest BCUT2D eigenvalue weighted by Crippen LogP contribution is -2.45. The van der Waals surface area contributed by atoms with Crippen LogP contribution in [0.1, 0.15) is 19.5 Å². The minimum Gasteiger partial charge on any atom is -0.392 e. The van der Waals surface area contributed by atoms with Gasteiger partial charge in [-0.05, 0) is 32.1 Å². The van der Waals surface area contributed by atoms with E-state index in [1.54, 1.807) is 18.2 Å². The molecule has 0 radical (unpaired) electrons. The fourth-order valence-corrected chi connectivity index (χ4v) is 3.28. The van der Waals surface area contributed by atoms with E-state index < -0.39 is 5.82 Å². The molecule has 3 rings (SSSR count). The Morgan fingerprint density at radius 1 is 1.33 bits per heavy atom.